The Balaban J connectivity index is 1.73. The van der Waals surface area contributed by atoms with Crippen LogP contribution in [0.5, 0.6) is 11.5 Å². The van der Waals surface area contributed by atoms with E-state index in [1.165, 1.54) is 11.1 Å². The smallest absolute Gasteiger partial charge is 0.150 e. The summed E-state index contributed by atoms with van der Waals surface area (Å²) in [4.78, 5) is 0. The molecule has 0 atom stereocenters. The third-order valence-electron chi connectivity index (χ3n) is 3.46. The van der Waals surface area contributed by atoms with Gasteiger partial charge in [0.25, 0.3) is 0 Å². The number of hydrogen-bond acceptors (Lipinski definition) is 2. The summed E-state index contributed by atoms with van der Waals surface area (Å²) in [6.07, 6.45) is 0. The van der Waals surface area contributed by atoms with Gasteiger partial charge in [0.1, 0.15) is 5.75 Å². The molecule has 0 aromatic heterocycles. The van der Waals surface area contributed by atoms with Crippen molar-refractivity contribution in [2.45, 2.75) is 13.5 Å². The summed E-state index contributed by atoms with van der Waals surface area (Å²) in [6.45, 7) is 2.84. The minimum absolute atomic E-state index is 0.773. The number of benzene rings is 3. The Bertz CT molecular complexity index is 720. The van der Waals surface area contributed by atoms with Gasteiger partial charge in [-0.15, -0.1) is 0 Å². The summed E-state index contributed by atoms with van der Waals surface area (Å²) >= 11 is 0. The molecule has 3 rings (SSSR count). The molecule has 0 heterocycles. The van der Waals surface area contributed by atoms with E-state index in [-0.39, 0.29) is 0 Å². The number of nitrogens with one attached hydrogen (secondary N) is 1. The van der Waals surface area contributed by atoms with Crippen molar-refractivity contribution in [1.29, 1.82) is 0 Å². The van der Waals surface area contributed by atoms with Gasteiger partial charge in [-0.1, -0.05) is 60.2 Å². The molecule has 0 aliphatic rings. The van der Waals surface area contributed by atoms with Crippen LogP contribution in [-0.4, -0.2) is 0 Å². The number of ether oxygens (including phenoxy) is 1. The minimum Gasteiger partial charge on any atom is -0.455 e. The van der Waals surface area contributed by atoms with Crippen LogP contribution in [0.4, 0.5) is 5.69 Å². The van der Waals surface area contributed by atoms with Crippen LogP contribution in [0.15, 0.2) is 78.9 Å². The van der Waals surface area contributed by atoms with E-state index >= 15 is 0 Å². The number of hydrogen-bond donors (Lipinski definition) is 1. The van der Waals surface area contributed by atoms with E-state index in [0.29, 0.717) is 0 Å². The van der Waals surface area contributed by atoms with Gasteiger partial charge in [-0.3, -0.25) is 0 Å². The van der Waals surface area contributed by atoms with Gasteiger partial charge in [0.05, 0.1) is 5.69 Å². The van der Waals surface area contributed by atoms with Gasteiger partial charge in [0.15, 0.2) is 5.75 Å². The summed E-state index contributed by atoms with van der Waals surface area (Å²) in [7, 11) is 0. The molecule has 0 amide bonds. The van der Waals surface area contributed by atoms with Gasteiger partial charge >= 0.3 is 0 Å². The Morgan fingerprint density at radius 3 is 2.23 bits per heavy atom. The number of anilines is 1. The third kappa shape index (κ3) is 3.67. The molecule has 0 aliphatic carbocycles. The summed E-state index contributed by atoms with van der Waals surface area (Å²) in [5, 5.41) is 3.44. The highest BCUT2D eigenvalue weighted by molar-refractivity contribution is 5.57. The van der Waals surface area contributed by atoms with Crippen molar-refractivity contribution in [3.05, 3.63) is 90.0 Å². The van der Waals surface area contributed by atoms with E-state index in [4.69, 9.17) is 4.74 Å². The van der Waals surface area contributed by atoms with E-state index in [1.807, 2.05) is 54.6 Å². The highest BCUT2D eigenvalue weighted by atomic mass is 16.5. The van der Waals surface area contributed by atoms with Crippen LogP contribution < -0.4 is 10.1 Å². The van der Waals surface area contributed by atoms with Crippen LogP contribution in [0.2, 0.25) is 0 Å². The lowest BCUT2D eigenvalue weighted by Crippen LogP contribution is -2.00. The maximum atomic E-state index is 5.99. The average Bonchev–Trinajstić information content (AvgIpc) is 2.57. The normalized spacial score (nSPS) is 10.2. The quantitative estimate of drug-likeness (QED) is 0.679. The van der Waals surface area contributed by atoms with Crippen molar-refractivity contribution in [2.24, 2.45) is 0 Å². The lowest BCUT2D eigenvalue weighted by Gasteiger charge is -2.13. The fourth-order valence-corrected chi connectivity index (χ4v) is 2.23. The topological polar surface area (TPSA) is 21.3 Å². The molecule has 0 bridgehead atoms. The molecule has 22 heavy (non-hydrogen) atoms. The Kier molecular flexibility index (Phi) is 4.40. The van der Waals surface area contributed by atoms with Crippen LogP contribution in [0.1, 0.15) is 11.1 Å². The largest absolute Gasteiger partial charge is 0.455 e. The van der Waals surface area contributed by atoms with E-state index in [1.54, 1.807) is 0 Å². The van der Waals surface area contributed by atoms with E-state index in [2.05, 4.69) is 36.5 Å². The zero-order valence-corrected chi connectivity index (χ0v) is 12.6. The lowest BCUT2D eigenvalue weighted by atomic mass is 10.2. The molecule has 3 aromatic carbocycles. The maximum Gasteiger partial charge on any atom is 0.150 e. The van der Waals surface area contributed by atoms with Crippen LogP contribution in [0, 0.1) is 6.92 Å². The first kappa shape index (κ1) is 14.2. The summed E-state index contributed by atoms with van der Waals surface area (Å²) in [5.41, 5.74) is 3.46. The molecule has 0 aliphatic heterocycles. The Morgan fingerprint density at radius 1 is 0.773 bits per heavy atom. The molecule has 3 aromatic rings. The van der Waals surface area contributed by atoms with E-state index in [0.717, 1.165) is 23.7 Å². The molecule has 0 saturated heterocycles. The lowest BCUT2D eigenvalue weighted by molar-refractivity contribution is 0.484. The first-order chi connectivity index (χ1) is 10.8. The second kappa shape index (κ2) is 6.81. The molecule has 2 heteroatoms. The van der Waals surface area contributed by atoms with Crippen molar-refractivity contribution >= 4 is 5.69 Å². The first-order valence-electron chi connectivity index (χ1n) is 7.42. The van der Waals surface area contributed by atoms with Gasteiger partial charge in [-0.05, 0) is 36.8 Å². The molecule has 0 saturated carbocycles. The monoisotopic (exact) mass is 289 g/mol. The van der Waals surface area contributed by atoms with Gasteiger partial charge in [0, 0.05) is 6.54 Å². The van der Waals surface area contributed by atoms with Crippen molar-refractivity contribution in [2.75, 3.05) is 5.32 Å². The average molecular weight is 289 g/mol. The fraction of sp³-hybridized carbons (Fsp3) is 0.100. The Morgan fingerprint density at radius 2 is 1.45 bits per heavy atom. The summed E-state index contributed by atoms with van der Waals surface area (Å²) in [6, 6.07) is 26.4. The standard InChI is InChI=1S/C20H19NO/c1-16-11-13-18(14-12-16)22-20-10-6-5-9-19(20)21-15-17-7-3-2-4-8-17/h2-14,21H,15H2,1H3. The SMILES string of the molecule is Cc1ccc(Oc2ccccc2NCc2ccccc2)cc1. The van der Waals surface area contributed by atoms with E-state index < -0.39 is 0 Å². The second-order valence-corrected chi connectivity index (χ2v) is 5.25. The van der Waals surface area contributed by atoms with Gasteiger partial charge < -0.3 is 10.1 Å². The van der Waals surface area contributed by atoms with Crippen molar-refractivity contribution in [3.63, 3.8) is 0 Å². The van der Waals surface area contributed by atoms with Gasteiger partial charge in [-0.25, -0.2) is 0 Å². The molecule has 2 nitrogen and oxygen atoms in total. The third-order valence-corrected chi connectivity index (χ3v) is 3.46. The summed E-state index contributed by atoms with van der Waals surface area (Å²) < 4.78 is 5.99. The van der Waals surface area contributed by atoms with Crippen LogP contribution >= 0.6 is 0 Å². The molecular weight excluding hydrogens is 270 g/mol. The zero-order chi connectivity index (χ0) is 15.2. The number of para-hydroxylation sites is 2. The fourth-order valence-electron chi connectivity index (χ4n) is 2.23. The van der Waals surface area contributed by atoms with Crippen LogP contribution in [0.3, 0.4) is 0 Å². The summed E-state index contributed by atoms with van der Waals surface area (Å²) in [5.74, 6) is 1.68. The molecular formula is C20H19NO. The van der Waals surface area contributed by atoms with Crippen molar-refractivity contribution < 1.29 is 4.74 Å². The van der Waals surface area contributed by atoms with E-state index in [9.17, 15) is 0 Å². The molecule has 0 fully saturated rings. The number of rotatable bonds is 5. The van der Waals surface area contributed by atoms with Crippen molar-refractivity contribution in [1.82, 2.24) is 0 Å². The minimum atomic E-state index is 0.773. The van der Waals surface area contributed by atoms with Gasteiger partial charge in [-0.2, -0.15) is 0 Å². The Labute approximate surface area is 131 Å². The molecule has 1 N–H and O–H groups in total. The molecule has 110 valence electrons. The highest BCUT2D eigenvalue weighted by Crippen LogP contribution is 2.29. The number of aryl methyl sites for hydroxylation is 1. The Hall–Kier alpha value is -2.74. The predicted octanol–water partition coefficient (Wildman–Crippen LogP) is 5.40. The highest BCUT2D eigenvalue weighted by Gasteiger charge is 2.04. The zero-order valence-electron chi connectivity index (χ0n) is 12.6. The van der Waals surface area contributed by atoms with Crippen LogP contribution in [-0.2, 0) is 6.54 Å². The molecule has 0 radical (unpaired) electrons. The van der Waals surface area contributed by atoms with Crippen LogP contribution in [0.25, 0.3) is 0 Å². The first-order valence-corrected chi connectivity index (χ1v) is 7.42. The second-order valence-electron chi connectivity index (χ2n) is 5.25. The molecule has 0 unspecified atom stereocenters. The predicted molar refractivity (Wildman–Crippen MR) is 91.5 cm³/mol. The maximum absolute atomic E-state index is 5.99. The van der Waals surface area contributed by atoms with Gasteiger partial charge in [0.2, 0.25) is 0 Å². The van der Waals surface area contributed by atoms with Crippen molar-refractivity contribution in [3.8, 4) is 11.5 Å². The molecule has 0 spiro atoms.